The number of thiazole rings is 1. The number of nitrogens with zero attached hydrogens (tertiary/aromatic N) is 5. The lowest BCUT2D eigenvalue weighted by atomic mass is 10.2. The summed E-state index contributed by atoms with van der Waals surface area (Å²) in [6, 6.07) is 11.3. The van der Waals surface area contributed by atoms with E-state index in [1.165, 1.54) is 35.2 Å². The predicted octanol–water partition coefficient (Wildman–Crippen LogP) is 6.19. The molecule has 1 amide bonds. The number of anilines is 1. The van der Waals surface area contributed by atoms with Crippen LogP contribution in [0.4, 0.5) is 9.52 Å². The third-order valence-corrected chi connectivity index (χ3v) is 7.62. The molecule has 0 fully saturated rings. The van der Waals surface area contributed by atoms with E-state index in [2.05, 4.69) is 20.5 Å². The molecule has 0 aliphatic rings. The SMILES string of the molecule is C[C@@H](c1nnc(SCC(=O)Nc2nc(-c3ccc(Cl)c(Cl)c3)cs2)n1-c1ccc(F)cc1)N(C)C. The zero-order chi connectivity index (χ0) is 25.1. The van der Waals surface area contributed by atoms with Gasteiger partial charge in [-0.25, -0.2) is 9.37 Å². The van der Waals surface area contributed by atoms with Gasteiger partial charge in [-0.3, -0.25) is 14.3 Å². The summed E-state index contributed by atoms with van der Waals surface area (Å²) in [6.07, 6.45) is 0. The number of aromatic nitrogens is 4. The van der Waals surface area contributed by atoms with Gasteiger partial charge in [-0.2, -0.15) is 0 Å². The Morgan fingerprint density at radius 2 is 1.91 bits per heavy atom. The number of halogens is 3. The van der Waals surface area contributed by atoms with Crippen molar-refractivity contribution in [2.75, 3.05) is 25.2 Å². The lowest BCUT2D eigenvalue weighted by Crippen LogP contribution is -2.21. The Morgan fingerprint density at radius 3 is 2.60 bits per heavy atom. The van der Waals surface area contributed by atoms with E-state index in [9.17, 15) is 9.18 Å². The van der Waals surface area contributed by atoms with Gasteiger partial charge in [0.25, 0.3) is 0 Å². The summed E-state index contributed by atoms with van der Waals surface area (Å²) in [6.45, 7) is 2.00. The van der Waals surface area contributed by atoms with Crippen LogP contribution in [-0.4, -0.2) is 50.4 Å². The summed E-state index contributed by atoms with van der Waals surface area (Å²) < 4.78 is 15.3. The van der Waals surface area contributed by atoms with Gasteiger partial charge in [0.05, 0.1) is 27.5 Å². The second kappa shape index (κ2) is 11.0. The van der Waals surface area contributed by atoms with E-state index in [0.717, 1.165) is 5.56 Å². The van der Waals surface area contributed by atoms with Gasteiger partial charge < -0.3 is 5.32 Å². The van der Waals surface area contributed by atoms with Crippen LogP contribution < -0.4 is 5.32 Å². The summed E-state index contributed by atoms with van der Waals surface area (Å²) in [5.74, 6) is 0.218. The van der Waals surface area contributed by atoms with Crippen molar-refractivity contribution in [2.45, 2.75) is 18.1 Å². The van der Waals surface area contributed by atoms with E-state index in [4.69, 9.17) is 23.2 Å². The van der Waals surface area contributed by atoms with Crippen LogP contribution in [0.15, 0.2) is 53.0 Å². The Kier molecular flexibility index (Phi) is 8.08. The molecule has 35 heavy (non-hydrogen) atoms. The van der Waals surface area contributed by atoms with Crippen LogP contribution in [-0.2, 0) is 4.79 Å². The number of benzene rings is 2. The van der Waals surface area contributed by atoms with Crippen molar-refractivity contribution >= 4 is 57.3 Å². The van der Waals surface area contributed by atoms with E-state index in [-0.39, 0.29) is 23.5 Å². The number of rotatable bonds is 8. The third-order valence-electron chi connectivity index (χ3n) is 5.19. The highest BCUT2D eigenvalue weighted by Crippen LogP contribution is 2.31. The normalized spacial score (nSPS) is 12.2. The quantitative estimate of drug-likeness (QED) is 0.263. The molecule has 7 nitrogen and oxygen atoms in total. The Labute approximate surface area is 220 Å². The van der Waals surface area contributed by atoms with Gasteiger partial charge in [0.1, 0.15) is 5.82 Å². The van der Waals surface area contributed by atoms with Gasteiger partial charge in [0, 0.05) is 16.6 Å². The second-order valence-electron chi connectivity index (χ2n) is 7.80. The Bertz CT molecular complexity index is 1340. The summed E-state index contributed by atoms with van der Waals surface area (Å²) in [5, 5.41) is 15.2. The van der Waals surface area contributed by atoms with Crippen molar-refractivity contribution in [1.82, 2.24) is 24.6 Å². The van der Waals surface area contributed by atoms with Gasteiger partial charge >= 0.3 is 0 Å². The third kappa shape index (κ3) is 6.02. The van der Waals surface area contributed by atoms with E-state index >= 15 is 0 Å². The molecule has 4 aromatic rings. The number of carbonyl (C=O) groups excluding carboxylic acids is 1. The molecule has 2 heterocycles. The Balaban J connectivity index is 1.48. The molecule has 0 aliphatic carbocycles. The van der Waals surface area contributed by atoms with Crippen molar-refractivity contribution < 1.29 is 9.18 Å². The fourth-order valence-electron chi connectivity index (χ4n) is 3.11. The molecular weight excluding hydrogens is 530 g/mol. The number of amides is 1. The minimum atomic E-state index is -0.332. The van der Waals surface area contributed by atoms with Crippen molar-refractivity contribution in [3.05, 3.63) is 69.5 Å². The van der Waals surface area contributed by atoms with Crippen molar-refractivity contribution in [3.8, 4) is 16.9 Å². The first-order valence-corrected chi connectivity index (χ1v) is 13.1. The van der Waals surface area contributed by atoms with Crippen molar-refractivity contribution in [3.63, 3.8) is 0 Å². The molecule has 4 rings (SSSR count). The predicted molar refractivity (Wildman–Crippen MR) is 140 cm³/mol. The molecule has 1 atom stereocenters. The van der Waals surface area contributed by atoms with E-state index in [0.29, 0.717) is 37.5 Å². The van der Waals surface area contributed by atoms with E-state index in [1.807, 2.05) is 41.9 Å². The highest BCUT2D eigenvalue weighted by Gasteiger charge is 2.22. The summed E-state index contributed by atoms with van der Waals surface area (Å²) in [7, 11) is 3.88. The molecule has 182 valence electrons. The smallest absolute Gasteiger partial charge is 0.236 e. The molecule has 0 radical (unpaired) electrons. The van der Waals surface area contributed by atoms with Crippen LogP contribution in [0.1, 0.15) is 18.8 Å². The molecule has 0 aliphatic heterocycles. The van der Waals surface area contributed by atoms with Crippen LogP contribution >= 0.6 is 46.3 Å². The van der Waals surface area contributed by atoms with Gasteiger partial charge in [0.2, 0.25) is 5.91 Å². The Morgan fingerprint density at radius 1 is 1.17 bits per heavy atom. The topological polar surface area (TPSA) is 75.9 Å². The van der Waals surface area contributed by atoms with Crippen molar-refractivity contribution in [1.29, 1.82) is 0 Å². The van der Waals surface area contributed by atoms with Crippen LogP contribution in [0.3, 0.4) is 0 Å². The first kappa shape index (κ1) is 25.6. The average Bonchev–Trinajstić information content (AvgIpc) is 3.46. The fraction of sp³-hybridized carbons (Fsp3) is 0.217. The maximum atomic E-state index is 13.5. The lowest BCUT2D eigenvalue weighted by Gasteiger charge is -2.20. The maximum absolute atomic E-state index is 13.5. The van der Waals surface area contributed by atoms with Gasteiger partial charge in [0.15, 0.2) is 16.1 Å². The van der Waals surface area contributed by atoms with Crippen LogP contribution in [0.25, 0.3) is 16.9 Å². The minimum absolute atomic E-state index is 0.0501. The van der Waals surface area contributed by atoms with Crippen LogP contribution in [0.5, 0.6) is 0 Å². The zero-order valence-electron chi connectivity index (χ0n) is 19.0. The largest absolute Gasteiger partial charge is 0.301 e. The van der Waals surface area contributed by atoms with Crippen molar-refractivity contribution in [2.24, 2.45) is 0 Å². The molecule has 0 unspecified atom stereocenters. The highest BCUT2D eigenvalue weighted by atomic mass is 35.5. The Hall–Kier alpha value is -2.50. The molecule has 1 N–H and O–H groups in total. The second-order valence-corrected chi connectivity index (χ2v) is 10.4. The number of carbonyl (C=O) groups is 1. The van der Waals surface area contributed by atoms with Gasteiger partial charge in [-0.1, -0.05) is 41.0 Å². The molecule has 0 saturated heterocycles. The first-order valence-electron chi connectivity index (χ1n) is 10.4. The standard InChI is InChI=1S/C23H21Cl2FN6OS2/c1-13(31(2)3)21-29-30-23(32(21)16-7-5-15(26)6-8-16)35-12-20(33)28-22-27-19(11-34-22)14-4-9-17(24)18(25)10-14/h4-11,13H,12H2,1-3H3,(H,27,28,33)/t13-/m0/s1. The zero-order valence-corrected chi connectivity index (χ0v) is 22.1. The van der Waals surface area contributed by atoms with Crippen LogP contribution in [0.2, 0.25) is 10.0 Å². The highest BCUT2D eigenvalue weighted by molar-refractivity contribution is 7.99. The minimum Gasteiger partial charge on any atom is -0.301 e. The molecule has 0 saturated carbocycles. The van der Waals surface area contributed by atoms with E-state index in [1.54, 1.807) is 24.3 Å². The van der Waals surface area contributed by atoms with Gasteiger partial charge in [-0.15, -0.1) is 21.5 Å². The molecule has 0 spiro atoms. The molecule has 2 aromatic heterocycles. The molecule has 2 aromatic carbocycles. The average molecular weight is 552 g/mol. The molecule has 12 heteroatoms. The monoisotopic (exact) mass is 550 g/mol. The van der Waals surface area contributed by atoms with E-state index < -0.39 is 0 Å². The number of hydrogen-bond donors (Lipinski definition) is 1. The number of thioether (sulfide) groups is 1. The number of hydrogen-bond acceptors (Lipinski definition) is 7. The molecule has 0 bridgehead atoms. The number of nitrogens with one attached hydrogen (secondary N) is 1. The lowest BCUT2D eigenvalue weighted by molar-refractivity contribution is -0.113. The van der Waals surface area contributed by atoms with Gasteiger partial charge in [-0.05, 0) is 57.4 Å². The fourth-order valence-corrected chi connectivity index (χ4v) is 4.91. The maximum Gasteiger partial charge on any atom is 0.236 e. The molecular formula is C23H21Cl2FN6OS2. The first-order chi connectivity index (χ1) is 16.7. The summed E-state index contributed by atoms with van der Waals surface area (Å²) in [4.78, 5) is 19.1. The summed E-state index contributed by atoms with van der Waals surface area (Å²) >= 11 is 14.6. The summed E-state index contributed by atoms with van der Waals surface area (Å²) in [5.41, 5.74) is 2.21. The van der Waals surface area contributed by atoms with Crippen LogP contribution in [0, 0.1) is 5.82 Å².